The highest BCUT2D eigenvalue weighted by Gasteiger charge is 2.44. The number of piperidine rings is 1. The molecule has 3 heterocycles. The first-order chi connectivity index (χ1) is 14.9. The predicted molar refractivity (Wildman–Crippen MR) is 116 cm³/mol. The van der Waals surface area contributed by atoms with Crippen molar-refractivity contribution in [1.82, 2.24) is 14.3 Å². The molecule has 1 aliphatic rings. The fourth-order valence-corrected chi connectivity index (χ4v) is 4.29. The highest BCUT2D eigenvalue weighted by atomic mass is 16.5. The van der Waals surface area contributed by atoms with Crippen LogP contribution in [0.4, 0.5) is 0 Å². The molecule has 1 aliphatic heterocycles. The molecule has 0 spiro atoms. The standard InChI is InChI=1S/C24H25N3O4/c1-17-7-6-10-21-25-20(15-22(29)27(17)21)16-31-23(30)24(19-8-4-3-5-9-19)11-13-26(14-12-24)18(2)28/h3-10,15H,11-14,16H2,1-2H3. The van der Waals surface area contributed by atoms with Gasteiger partial charge in [-0.2, -0.15) is 0 Å². The van der Waals surface area contributed by atoms with Crippen LogP contribution in [0.5, 0.6) is 0 Å². The summed E-state index contributed by atoms with van der Waals surface area (Å²) in [7, 11) is 0. The van der Waals surface area contributed by atoms with Gasteiger partial charge < -0.3 is 9.64 Å². The Balaban J connectivity index is 1.58. The fourth-order valence-electron chi connectivity index (χ4n) is 4.29. The van der Waals surface area contributed by atoms with Gasteiger partial charge in [0, 0.05) is 31.8 Å². The Morgan fingerprint density at radius 3 is 2.45 bits per heavy atom. The zero-order valence-electron chi connectivity index (χ0n) is 17.7. The molecule has 2 aromatic heterocycles. The molecular weight excluding hydrogens is 394 g/mol. The van der Waals surface area contributed by atoms with E-state index in [2.05, 4.69) is 4.98 Å². The number of hydrogen-bond acceptors (Lipinski definition) is 5. The van der Waals surface area contributed by atoms with Crippen molar-refractivity contribution in [2.24, 2.45) is 0 Å². The number of esters is 1. The van der Waals surface area contributed by atoms with Crippen molar-refractivity contribution in [3.05, 3.63) is 81.9 Å². The number of nitrogens with zero attached hydrogens (tertiary/aromatic N) is 3. The first-order valence-corrected chi connectivity index (χ1v) is 10.4. The number of fused-ring (bicyclic) bond motifs is 1. The quantitative estimate of drug-likeness (QED) is 0.608. The maximum absolute atomic E-state index is 13.3. The lowest BCUT2D eigenvalue weighted by Crippen LogP contribution is -2.49. The Labute approximate surface area is 180 Å². The van der Waals surface area contributed by atoms with Crippen molar-refractivity contribution >= 4 is 17.5 Å². The van der Waals surface area contributed by atoms with E-state index in [1.807, 2.05) is 49.4 Å². The molecule has 0 N–H and O–H groups in total. The number of benzene rings is 1. The minimum absolute atomic E-state index is 0.00570. The summed E-state index contributed by atoms with van der Waals surface area (Å²) < 4.78 is 7.22. The number of amides is 1. The largest absolute Gasteiger partial charge is 0.458 e. The van der Waals surface area contributed by atoms with Crippen molar-refractivity contribution in [3.8, 4) is 0 Å². The second kappa shape index (κ2) is 8.34. The third-order valence-electron chi connectivity index (χ3n) is 6.06. The first-order valence-electron chi connectivity index (χ1n) is 10.4. The molecule has 1 saturated heterocycles. The van der Waals surface area contributed by atoms with Gasteiger partial charge in [0.2, 0.25) is 5.91 Å². The molecule has 0 atom stereocenters. The molecule has 7 nitrogen and oxygen atoms in total. The number of aromatic nitrogens is 2. The van der Waals surface area contributed by atoms with E-state index < -0.39 is 5.41 Å². The molecule has 3 aromatic rings. The molecule has 31 heavy (non-hydrogen) atoms. The third kappa shape index (κ3) is 3.95. The highest BCUT2D eigenvalue weighted by Crippen LogP contribution is 2.37. The first kappa shape index (κ1) is 20.8. The van der Waals surface area contributed by atoms with Gasteiger partial charge in [-0.3, -0.25) is 18.8 Å². The molecule has 0 radical (unpaired) electrons. The van der Waals surface area contributed by atoms with Crippen LogP contribution in [0.1, 0.15) is 36.7 Å². The maximum atomic E-state index is 13.3. The number of carbonyl (C=O) groups is 2. The van der Waals surface area contributed by atoms with Crippen molar-refractivity contribution in [2.75, 3.05) is 13.1 Å². The smallest absolute Gasteiger partial charge is 0.317 e. The molecule has 1 aromatic carbocycles. The van der Waals surface area contributed by atoms with Crippen LogP contribution in [-0.2, 0) is 26.3 Å². The van der Waals surface area contributed by atoms with Gasteiger partial charge in [-0.1, -0.05) is 36.4 Å². The molecule has 0 aliphatic carbocycles. The minimum Gasteiger partial charge on any atom is -0.458 e. The zero-order chi connectivity index (χ0) is 22.0. The van der Waals surface area contributed by atoms with E-state index in [-0.39, 0.29) is 24.0 Å². The van der Waals surface area contributed by atoms with E-state index in [0.717, 1.165) is 11.3 Å². The van der Waals surface area contributed by atoms with E-state index in [1.165, 1.54) is 10.5 Å². The summed E-state index contributed by atoms with van der Waals surface area (Å²) in [6.45, 7) is 4.29. The molecular formula is C24H25N3O4. The summed E-state index contributed by atoms with van der Waals surface area (Å²) in [5.74, 6) is -0.348. The average molecular weight is 419 g/mol. The van der Waals surface area contributed by atoms with Gasteiger partial charge in [-0.05, 0) is 37.5 Å². The van der Waals surface area contributed by atoms with Crippen LogP contribution >= 0.6 is 0 Å². The number of aryl methyl sites for hydroxylation is 1. The zero-order valence-corrected chi connectivity index (χ0v) is 17.7. The van der Waals surface area contributed by atoms with Gasteiger partial charge in [0.25, 0.3) is 5.56 Å². The second-order valence-electron chi connectivity index (χ2n) is 7.98. The number of likely N-dealkylation sites (tertiary alicyclic amines) is 1. The van der Waals surface area contributed by atoms with Crippen LogP contribution in [0.3, 0.4) is 0 Å². The normalized spacial score (nSPS) is 15.6. The Morgan fingerprint density at radius 1 is 1.06 bits per heavy atom. The molecule has 4 rings (SSSR count). The number of ether oxygens (including phenoxy) is 1. The predicted octanol–water partition coefficient (Wildman–Crippen LogP) is 2.63. The third-order valence-corrected chi connectivity index (χ3v) is 6.06. The summed E-state index contributed by atoms with van der Waals surface area (Å²) in [6.07, 6.45) is 0.977. The van der Waals surface area contributed by atoms with Crippen molar-refractivity contribution in [1.29, 1.82) is 0 Å². The fraction of sp³-hybridized carbons (Fsp3) is 0.333. The summed E-state index contributed by atoms with van der Waals surface area (Å²) in [5.41, 5.74) is 1.57. The van der Waals surface area contributed by atoms with Crippen LogP contribution in [0.2, 0.25) is 0 Å². The second-order valence-corrected chi connectivity index (χ2v) is 7.98. The van der Waals surface area contributed by atoms with Crippen LogP contribution < -0.4 is 5.56 Å². The van der Waals surface area contributed by atoms with Crippen molar-refractivity contribution in [2.45, 2.75) is 38.7 Å². The molecule has 0 saturated carbocycles. The lowest BCUT2D eigenvalue weighted by Gasteiger charge is -2.40. The molecule has 7 heteroatoms. The summed E-state index contributed by atoms with van der Waals surface area (Å²) >= 11 is 0. The Bertz CT molecular complexity index is 1180. The highest BCUT2D eigenvalue weighted by molar-refractivity contribution is 5.84. The van der Waals surface area contributed by atoms with Gasteiger partial charge in [0.1, 0.15) is 12.3 Å². The lowest BCUT2D eigenvalue weighted by atomic mass is 9.72. The van der Waals surface area contributed by atoms with Gasteiger partial charge in [0.15, 0.2) is 0 Å². The Kier molecular flexibility index (Phi) is 5.59. The molecule has 1 fully saturated rings. The number of rotatable bonds is 4. The van der Waals surface area contributed by atoms with Crippen molar-refractivity contribution in [3.63, 3.8) is 0 Å². The van der Waals surface area contributed by atoms with Crippen molar-refractivity contribution < 1.29 is 14.3 Å². The molecule has 0 unspecified atom stereocenters. The molecule has 1 amide bonds. The minimum atomic E-state index is -0.824. The van der Waals surface area contributed by atoms with Crippen LogP contribution in [0, 0.1) is 6.92 Å². The monoisotopic (exact) mass is 419 g/mol. The van der Waals surface area contributed by atoms with Crippen LogP contribution in [-0.4, -0.2) is 39.3 Å². The lowest BCUT2D eigenvalue weighted by molar-refractivity contribution is -0.155. The van der Waals surface area contributed by atoms with Gasteiger partial charge in [0.05, 0.1) is 11.1 Å². The summed E-state index contributed by atoms with van der Waals surface area (Å²) in [5, 5.41) is 0. The number of pyridine rings is 1. The maximum Gasteiger partial charge on any atom is 0.317 e. The Morgan fingerprint density at radius 2 is 1.77 bits per heavy atom. The summed E-state index contributed by atoms with van der Waals surface area (Å²) in [4.78, 5) is 43.8. The van der Waals surface area contributed by atoms with E-state index in [0.29, 0.717) is 37.3 Å². The number of carbonyl (C=O) groups excluding carboxylic acids is 2. The number of hydrogen-bond donors (Lipinski definition) is 0. The van der Waals surface area contributed by atoms with Gasteiger partial charge in [-0.15, -0.1) is 0 Å². The van der Waals surface area contributed by atoms with E-state index in [9.17, 15) is 14.4 Å². The van der Waals surface area contributed by atoms with Gasteiger partial charge >= 0.3 is 5.97 Å². The van der Waals surface area contributed by atoms with Gasteiger partial charge in [-0.25, -0.2) is 4.98 Å². The van der Waals surface area contributed by atoms with E-state index in [4.69, 9.17) is 4.74 Å². The molecule has 0 bridgehead atoms. The van der Waals surface area contributed by atoms with Crippen LogP contribution in [0.15, 0.2) is 59.4 Å². The SMILES string of the molecule is CC(=O)N1CCC(C(=O)OCc2cc(=O)n3c(C)cccc3n2)(c2ccccc2)CC1. The van der Waals surface area contributed by atoms with E-state index >= 15 is 0 Å². The topological polar surface area (TPSA) is 81.0 Å². The van der Waals surface area contributed by atoms with Crippen LogP contribution in [0.25, 0.3) is 5.65 Å². The Hall–Kier alpha value is -3.48. The summed E-state index contributed by atoms with van der Waals surface area (Å²) in [6, 6.07) is 16.4. The molecule has 160 valence electrons. The van der Waals surface area contributed by atoms with E-state index in [1.54, 1.807) is 17.9 Å². The average Bonchev–Trinajstić information content (AvgIpc) is 2.78.